The number of rotatable bonds is 4. The summed E-state index contributed by atoms with van der Waals surface area (Å²) < 4.78 is 0. The highest BCUT2D eigenvalue weighted by atomic mass is 15.1. The van der Waals surface area contributed by atoms with E-state index < -0.39 is 0 Å². The maximum Gasteiger partial charge on any atom is 0.0456 e. The number of hydrogen-bond donors (Lipinski definition) is 1. The number of anilines is 2. The van der Waals surface area contributed by atoms with Crippen LogP contribution in [0, 0.1) is 0 Å². The standard InChI is InChI=1S/C15H18N2/c1-2-17(14-9-4-3-5-10-14)15-11-7-6-8-13(15)12-16/h3-11H,2,12,16H2,1H3. The summed E-state index contributed by atoms with van der Waals surface area (Å²) in [4.78, 5) is 2.28. The third kappa shape index (κ3) is 2.48. The zero-order valence-electron chi connectivity index (χ0n) is 10.1. The number of nitrogens with zero attached hydrogens (tertiary/aromatic N) is 1. The molecule has 0 aliphatic carbocycles. The Balaban J connectivity index is 2.42. The molecule has 0 unspecified atom stereocenters. The largest absolute Gasteiger partial charge is 0.342 e. The zero-order chi connectivity index (χ0) is 12.1. The van der Waals surface area contributed by atoms with Crippen LogP contribution < -0.4 is 10.6 Å². The molecular weight excluding hydrogens is 208 g/mol. The van der Waals surface area contributed by atoms with Gasteiger partial charge in [0.05, 0.1) is 0 Å². The molecule has 0 aromatic heterocycles. The Bertz CT molecular complexity index is 465. The van der Waals surface area contributed by atoms with Crippen LogP contribution in [0.5, 0.6) is 0 Å². The van der Waals surface area contributed by atoms with E-state index in [-0.39, 0.29) is 0 Å². The van der Waals surface area contributed by atoms with Crippen LogP contribution in [0.1, 0.15) is 12.5 Å². The first kappa shape index (κ1) is 11.7. The van der Waals surface area contributed by atoms with Crippen LogP contribution in [-0.2, 0) is 6.54 Å². The molecule has 2 heteroatoms. The van der Waals surface area contributed by atoms with Gasteiger partial charge in [-0.3, -0.25) is 0 Å². The van der Waals surface area contributed by atoms with Crippen LogP contribution >= 0.6 is 0 Å². The van der Waals surface area contributed by atoms with E-state index in [1.165, 1.54) is 16.9 Å². The van der Waals surface area contributed by atoms with Gasteiger partial charge in [0.25, 0.3) is 0 Å². The van der Waals surface area contributed by atoms with E-state index in [1.54, 1.807) is 0 Å². The van der Waals surface area contributed by atoms with Crippen molar-refractivity contribution < 1.29 is 0 Å². The summed E-state index contributed by atoms with van der Waals surface area (Å²) in [6, 6.07) is 18.7. The first-order valence-corrected chi connectivity index (χ1v) is 5.97. The zero-order valence-corrected chi connectivity index (χ0v) is 10.1. The first-order valence-electron chi connectivity index (χ1n) is 5.97. The second-order valence-electron chi connectivity index (χ2n) is 3.91. The summed E-state index contributed by atoms with van der Waals surface area (Å²) in [5.74, 6) is 0. The van der Waals surface area contributed by atoms with Crippen LogP contribution in [0.3, 0.4) is 0 Å². The smallest absolute Gasteiger partial charge is 0.0456 e. The Morgan fingerprint density at radius 2 is 1.59 bits per heavy atom. The molecule has 0 saturated carbocycles. The third-order valence-electron chi connectivity index (χ3n) is 2.89. The molecule has 0 saturated heterocycles. The van der Waals surface area contributed by atoms with E-state index in [4.69, 9.17) is 5.73 Å². The van der Waals surface area contributed by atoms with Crippen molar-refractivity contribution in [2.75, 3.05) is 11.4 Å². The van der Waals surface area contributed by atoms with E-state index in [0.29, 0.717) is 6.54 Å². The molecule has 0 fully saturated rings. The SMILES string of the molecule is CCN(c1ccccc1)c1ccccc1CN. The van der Waals surface area contributed by atoms with Crippen molar-refractivity contribution in [2.45, 2.75) is 13.5 Å². The Kier molecular flexibility index (Phi) is 3.78. The monoisotopic (exact) mass is 226 g/mol. The first-order chi connectivity index (χ1) is 8.36. The lowest BCUT2D eigenvalue weighted by Gasteiger charge is -2.25. The summed E-state index contributed by atoms with van der Waals surface area (Å²) >= 11 is 0. The van der Waals surface area contributed by atoms with Crippen LogP contribution in [0.2, 0.25) is 0 Å². The van der Waals surface area contributed by atoms with Crippen molar-refractivity contribution in [3.8, 4) is 0 Å². The predicted octanol–water partition coefficient (Wildman–Crippen LogP) is 3.30. The molecule has 88 valence electrons. The third-order valence-corrected chi connectivity index (χ3v) is 2.89. The van der Waals surface area contributed by atoms with E-state index in [9.17, 15) is 0 Å². The maximum atomic E-state index is 5.79. The van der Waals surface area contributed by atoms with Crippen molar-refractivity contribution in [3.63, 3.8) is 0 Å². The van der Waals surface area contributed by atoms with Gasteiger partial charge < -0.3 is 10.6 Å². The molecule has 0 radical (unpaired) electrons. The average Bonchev–Trinajstić information content (AvgIpc) is 2.41. The van der Waals surface area contributed by atoms with Crippen molar-refractivity contribution >= 4 is 11.4 Å². The summed E-state index contributed by atoms with van der Waals surface area (Å²) in [5.41, 5.74) is 9.38. The number of para-hydroxylation sites is 2. The van der Waals surface area contributed by atoms with Crippen molar-refractivity contribution in [1.82, 2.24) is 0 Å². The summed E-state index contributed by atoms with van der Waals surface area (Å²) in [7, 11) is 0. The van der Waals surface area contributed by atoms with Gasteiger partial charge in [-0.25, -0.2) is 0 Å². The Labute approximate surface area is 103 Å². The van der Waals surface area contributed by atoms with Crippen molar-refractivity contribution in [1.29, 1.82) is 0 Å². The maximum absolute atomic E-state index is 5.79. The molecule has 0 bridgehead atoms. The molecule has 2 aromatic carbocycles. The van der Waals surface area contributed by atoms with Gasteiger partial charge in [-0.1, -0.05) is 36.4 Å². The van der Waals surface area contributed by atoms with Crippen LogP contribution in [0.4, 0.5) is 11.4 Å². The quantitative estimate of drug-likeness (QED) is 0.866. The van der Waals surface area contributed by atoms with Gasteiger partial charge in [0.2, 0.25) is 0 Å². The van der Waals surface area contributed by atoms with Gasteiger partial charge in [-0.15, -0.1) is 0 Å². The minimum atomic E-state index is 0.569. The molecule has 2 rings (SSSR count). The van der Waals surface area contributed by atoms with Crippen LogP contribution in [0.15, 0.2) is 54.6 Å². The minimum Gasteiger partial charge on any atom is -0.342 e. The van der Waals surface area contributed by atoms with Gasteiger partial charge in [0.1, 0.15) is 0 Å². The van der Waals surface area contributed by atoms with Gasteiger partial charge in [-0.05, 0) is 30.7 Å². The Hall–Kier alpha value is -1.80. The Morgan fingerprint density at radius 1 is 0.941 bits per heavy atom. The van der Waals surface area contributed by atoms with Crippen LogP contribution in [0.25, 0.3) is 0 Å². The molecular formula is C15H18N2. The topological polar surface area (TPSA) is 29.3 Å². The molecule has 17 heavy (non-hydrogen) atoms. The number of benzene rings is 2. The second kappa shape index (κ2) is 5.51. The molecule has 2 N–H and O–H groups in total. The fourth-order valence-electron chi connectivity index (χ4n) is 2.05. The highest BCUT2D eigenvalue weighted by Gasteiger charge is 2.09. The lowest BCUT2D eigenvalue weighted by atomic mass is 10.1. The molecule has 0 aliphatic rings. The molecule has 0 aliphatic heterocycles. The van der Waals surface area contributed by atoms with Gasteiger partial charge in [-0.2, -0.15) is 0 Å². The Morgan fingerprint density at radius 3 is 2.24 bits per heavy atom. The van der Waals surface area contributed by atoms with E-state index in [1.807, 2.05) is 12.1 Å². The lowest BCUT2D eigenvalue weighted by molar-refractivity contribution is 0.984. The van der Waals surface area contributed by atoms with Gasteiger partial charge in [0.15, 0.2) is 0 Å². The molecule has 0 atom stereocenters. The molecule has 0 heterocycles. The fraction of sp³-hybridized carbons (Fsp3) is 0.200. The normalized spacial score (nSPS) is 10.2. The molecule has 2 nitrogen and oxygen atoms in total. The summed E-state index contributed by atoms with van der Waals surface area (Å²) in [5, 5.41) is 0. The molecule has 0 amide bonds. The van der Waals surface area contributed by atoms with Crippen molar-refractivity contribution in [3.05, 3.63) is 60.2 Å². The average molecular weight is 226 g/mol. The summed E-state index contributed by atoms with van der Waals surface area (Å²) in [6.45, 7) is 3.65. The highest BCUT2D eigenvalue weighted by molar-refractivity contribution is 5.66. The van der Waals surface area contributed by atoms with E-state index >= 15 is 0 Å². The summed E-state index contributed by atoms with van der Waals surface area (Å²) in [6.07, 6.45) is 0. The highest BCUT2D eigenvalue weighted by Crippen LogP contribution is 2.27. The molecule has 2 aromatic rings. The van der Waals surface area contributed by atoms with Crippen molar-refractivity contribution in [2.24, 2.45) is 5.73 Å². The second-order valence-corrected chi connectivity index (χ2v) is 3.91. The van der Waals surface area contributed by atoms with Gasteiger partial charge in [0, 0.05) is 24.5 Å². The predicted molar refractivity (Wildman–Crippen MR) is 73.5 cm³/mol. The van der Waals surface area contributed by atoms with Crippen LogP contribution in [-0.4, -0.2) is 6.54 Å². The van der Waals surface area contributed by atoms with Gasteiger partial charge >= 0.3 is 0 Å². The fourth-order valence-corrected chi connectivity index (χ4v) is 2.05. The molecule has 0 spiro atoms. The number of nitrogens with two attached hydrogens (primary N) is 1. The lowest BCUT2D eigenvalue weighted by Crippen LogP contribution is -2.18. The van der Waals surface area contributed by atoms with E-state index in [2.05, 4.69) is 54.3 Å². The number of hydrogen-bond acceptors (Lipinski definition) is 2. The minimum absolute atomic E-state index is 0.569. The van der Waals surface area contributed by atoms with E-state index in [0.717, 1.165) is 6.54 Å².